The van der Waals surface area contributed by atoms with E-state index >= 15 is 0 Å². The highest BCUT2D eigenvalue weighted by Gasteiger charge is 2.30. The molecule has 3 rings (SSSR count). The molecular weight excluding hydrogens is 345 g/mol. The Morgan fingerprint density at radius 2 is 2.08 bits per heavy atom. The second-order valence-electron chi connectivity index (χ2n) is 5.47. The summed E-state index contributed by atoms with van der Waals surface area (Å²) in [5, 5.41) is 17.5. The molecule has 1 aliphatic rings. The summed E-state index contributed by atoms with van der Waals surface area (Å²) in [6.45, 7) is 0. The van der Waals surface area contributed by atoms with E-state index in [1.54, 1.807) is 0 Å². The Balaban J connectivity index is 1.70. The van der Waals surface area contributed by atoms with Crippen molar-refractivity contribution in [3.05, 3.63) is 64.0 Å². The van der Waals surface area contributed by atoms with Crippen molar-refractivity contribution in [2.45, 2.75) is 12.5 Å². The molecule has 1 N–H and O–H groups in total. The topological polar surface area (TPSA) is 103 Å². The van der Waals surface area contributed by atoms with Gasteiger partial charge >= 0.3 is 0 Å². The van der Waals surface area contributed by atoms with Crippen LogP contribution < -0.4 is 10.1 Å². The van der Waals surface area contributed by atoms with Crippen molar-refractivity contribution in [2.24, 2.45) is 5.16 Å². The van der Waals surface area contributed by atoms with Gasteiger partial charge < -0.3 is 14.9 Å². The number of oxime groups is 1. The minimum absolute atomic E-state index is 0.0274. The van der Waals surface area contributed by atoms with Crippen molar-refractivity contribution in [1.82, 2.24) is 0 Å². The third kappa shape index (κ3) is 3.61. The molecule has 1 amide bonds. The van der Waals surface area contributed by atoms with E-state index in [2.05, 4.69) is 10.5 Å². The first-order valence-corrected chi connectivity index (χ1v) is 7.60. The molecule has 1 unspecified atom stereocenters. The Hall–Kier alpha value is -3.49. The number of nitro groups is 1. The number of hydrogen-bond acceptors (Lipinski definition) is 6. The van der Waals surface area contributed by atoms with Gasteiger partial charge in [0.1, 0.15) is 17.3 Å². The largest absolute Gasteiger partial charge is 0.496 e. The van der Waals surface area contributed by atoms with E-state index in [1.165, 1.54) is 49.6 Å². The van der Waals surface area contributed by atoms with Gasteiger partial charge in [-0.3, -0.25) is 14.9 Å². The van der Waals surface area contributed by atoms with Crippen molar-refractivity contribution in [3.8, 4) is 5.75 Å². The molecule has 2 aromatic carbocycles. The number of halogens is 1. The van der Waals surface area contributed by atoms with Gasteiger partial charge in [-0.05, 0) is 29.8 Å². The number of amides is 1. The van der Waals surface area contributed by atoms with Gasteiger partial charge in [0.15, 0.2) is 0 Å². The fourth-order valence-electron chi connectivity index (χ4n) is 2.44. The average molecular weight is 359 g/mol. The molecule has 0 saturated heterocycles. The van der Waals surface area contributed by atoms with Gasteiger partial charge in [0.2, 0.25) is 6.10 Å². The Morgan fingerprint density at radius 3 is 2.73 bits per heavy atom. The van der Waals surface area contributed by atoms with Crippen LogP contribution in [-0.2, 0) is 9.63 Å². The second-order valence-corrected chi connectivity index (χ2v) is 5.47. The molecule has 134 valence electrons. The lowest BCUT2D eigenvalue weighted by Crippen LogP contribution is -2.28. The number of anilines is 1. The fourth-order valence-corrected chi connectivity index (χ4v) is 2.44. The standard InChI is InChI=1S/C17H14FN3O5/c1-25-12-6-7-13(15(8-12)21(23)24)19-17(22)16-9-14(20-26-16)10-2-4-11(18)5-3-10/h2-8,16H,9H2,1H3,(H,19,22). The molecule has 1 atom stereocenters. The quantitative estimate of drug-likeness (QED) is 0.653. The van der Waals surface area contributed by atoms with E-state index in [9.17, 15) is 19.3 Å². The first kappa shape index (κ1) is 17.3. The first-order valence-electron chi connectivity index (χ1n) is 7.60. The maximum Gasteiger partial charge on any atom is 0.296 e. The molecule has 0 fully saturated rings. The van der Waals surface area contributed by atoms with Crippen molar-refractivity contribution in [2.75, 3.05) is 12.4 Å². The Morgan fingerprint density at radius 1 is 1.35 bits per heavy atom. The summed E-state index contributed by atoms with van der Waals surface area (Å²) in [6, 6.07) is 9.73. The van der Waals surface area contributed by atoms with Crippen LogP contribution in [0.25, 0.3) is 0 Å². The van der Waals surface area contributed by atoms with Crippen molar-refractivity contribution in [1.29, 1.82) is 0 Å². The van der Waals surface area contributed by atoms with Crippen LogP contribution in [0.15, 0.2) is 47.6 Å². The maximum atomic E-state index is 13.0. The zero-order chi connectivity index (χ0) is 18.7. The molecule has 1 heterocycles. The molecule has 0 bridgehead atoms. The van der Waals surface area contributed by atoms with Crippen molar-refractivity contribution < 1.29 is 23.7 Å². The predicted octanol–water partition coefficient (Wildman–Crippen LogP) is 2.87. The summed E-state index contributed by atoms with van der Waals surface area (Å²) in [4.78, 5) is 28.0. The van der Waals surface area contributed by atoms with E-state index < -0.39 is 16.9 Å². The lowest BCUT2D eigenvalue weighted by atomic mass is 10.0. The molecule has 0 radical (unpaired) electrons. The number of nitro benzene ring substituents is 1. The van der Waals surface area contributed by atoms with Crippen molar-refractivity contribution in [3.63, 3.8) is 0 Å². The fraction of sp³-hybridized carbons (Fsp3) is 0.176. The SMILES string of the molecule is COc1ccc(NC(=O)C2CC(c3ccc(F)cc3)=NO2)c([N+](=O)[O-])c1. The van der Waals surface area contributed by atoms with Crippen LogP contribution in [0.3, 0.4) is 0 Å². The van der Waals surface area contributed by atoms with Gasteiger partial charge in [0.05, 0.1) is 23.8 Å². The molecule has 0 aromatic heterocycles. The summed E-state index contributed by atoms with van der Waals surface area (Å²) in [7, 11) is 1.39. The number of nitrogens with zero attached hydrogens (tertiary/aromatic N) is 2. The lowest BCUT2D eigenvalue weighted by molar-refractivity contribution is -0.384. The molecule has 9 heteroatoms. The number of carbonyl (C=O) groups excluding carboxylic acids is 1. The number of nitrogens with one attached hydrogen (secondary N) is 1. The third-order valence-electron chi connectivity index (χ3n) is 3.80. The molecule has 0 spiro atoms. The summed E-state index contributed by atoms with van der Waals surface area (Å²) >= 11 is 0. The van der Waals surface area contributed by atoms with Gasteiger partial charge in [0.25, 0.3) is 11.6 Å². The minimum atomic E-state index is -0.934. The van der Waals surface area contributed by atoms with E-state index in [0.717, 1.165) is 0 Å². The number of rotatable bonds is 5. The van der Waals surface area contributed by atoms with Gasteiger partial charge in [-0.2, -0.15) is 0 Å². The van der Waals surface area contributed by atoms with E-state index in [1.807, 2.05) is 0 Å². The van der Waals surface area contributed by atoms with Gasteiger partial charge in [0, 0.05) is 6.42 Å². The van der Waals surface area contributed by atoms with E-state index in [-0.39, 0.29) is 23.6 Å². The predicted molar refractivity (Wildman–Crippen MR) is 90.7 cm³/mol. The maximum absolute atomic E-state index is 13.0. The molecular formula is C17H14FN3O5. The zero-order valence-electron chi connectivity index (χ0n) is 13.6. The number of carbonyl (C=O) groups is 1. The Bertz CT molecular complexity index is 882. The van der Waals surface area contributed by atoms with Crippen LogP contribution in [0.1, 0.15) is 12.0 Å². The molecule has 0 aliphatic carbocycles. The highest BCUT2D eigenvalue weighted by atomic mass is 19.1. The average Bonchev–Trinajstić information content (AvgIpc) is 3.12. The number of benzene rings is 2. The molecule has 0 saturated carbocycles. The van der Waals surface area contributed by atoms with Crippen LogP contribution in [0.5, 0.6) is 5.75 Å². The third-order valence-corrected chi connectivity index (χ3v) is 3.80. The van der Waals surface area contributed by atoms with Crippen LogP contribution in [0, 0.1) is 15.9 Å². The summed E-state index contributed by atoms with van der Waals surface area (Å²) in [6.07, 6.45) is -0.765. The first-order chi connectivity index (χ1) is 12.5. The smallest absolute Gasteiger partial charge is 0.296 e. The van der Waals surface area contributed by atoms with Crippen molar-refractivity contribution >= 4 is 23.0 Å². The lowest BCUT2D eigenvalue weighted by Gasteiger charge is -2.10. The zero-order valence-corrected chi connectivity index (χ0v) is 13.6. The molecule has 8 nitrogen and oxygen atoms in total. The Kier molecular flexibility index (Phi) is 4.78. The number of methoxy groups -OCH3 is 1. The molecule has 1 aliphatic heterocycles. The normalized spacial score (nSPS) is 15.8. The van der Waals surface area contributed by atoms with Gasteiger partial charge in [-0.25, -0.2) is 4.39 Å². The molecule has 2 aromatic rings. The summed E-state index contributed by atoms with van der Waals surface area (Å²) in [5.74, 6) is -0.651. The van der Waals surface area contributed by atoms with Crippen LogP contribution in [-0.4, -0.2) is 29.8 Å². The minimum Gasteiger partial charge on any atom is -0.496 e. The van der Waals surface area contributed by atoms with Gasteiger partial charge in [-0.15, -0.1) is 0 Å². The van der Waals surface area contributed by atoms with Crippen LogP contribution in [0.4, 0.5) is 15.8 Å². The summed E-state index contributed by atoms with van der Waals surface area (Å²) in [5.41, 5.74) is 0.863. The van der Waals surface area contributed by atoms with Crippen LogP contribution in [0.2, 0.25) is 0 Å². The van der Waals surface area contributed by atoms with E-state index in [0.29, 0.717) is 17.0 Å². The number of hydrogen-bond donors (Lipinski definition) is 1. The monoisotopic (exact) mass is 359 g/mol. The Labute approximate surface area is 147 Å². The molecule has 26 heavy (non-hydrogen) atoms. The highest BCUT2D eigenvalue weighted by molar-refractivity contribution is 6.06. The second kappa shape index (κ2) is 7.18. The van der Waals surface area contributed by atoms with Gasteiger partial charge in [-0.1, -0.05) is 17.3 Å². The summed E-state index contributed by atoms with van der Waals surface area (Å²) < 4.78 is 17.9. The van der Waals surface area contributed by atoms with Crippen LogP contribution >= 0.6 is 0 Å². The van der Waals surface area contributed by atoms with E-state index in [4.69, 9.17) is 9.57 Å². The highest BCUT2D eigenvalue weighted by Crippen LogP contribution is 2.29. The number of ether oxygens (including phenoxy) is 1.